The monoisotopic (exact) mass is 370 g/mol. The van der Waals surface area contributed by atoms with E-state index in [2.05, 4.69) is 9.97 Å². The average molecular weight is 370 g/mol. The number of nitrogens with zero attached hydrogens (tertiary/aromatic N) is 4. The SMILES string of the molecule is CN(C(=O)CCn1cnc2sccc2c1=O)c1nc2ccccc2s1. The molecule has 0 aliphatic heterocycles. The van der Waals surface area contributed by atoms with Gasteiger partial charge in [-0.15, -0.1) is 11.3 Å². The maximum atomic E-state index is 12.5. The summed E-state index contributed by atoms with van der Waals surface area (Å²) in [5, 5.41) is 3.10. The number of hydrogen-bond acceptors (Lipinski definition) is 6. The van der Waals surface area contributed by atoms with Crippen LogP contribution in [0.1, 0.15) is 6.42 Å². The molecule has 3 heterocycles. The number of aryl methyl sites for hydroxylation is 1. The van der Waals surface area contributed by atoms with E-state index in [-0.39, 0.29) is 17.9 Å². The number of hydrogen-bond donors (Lipinski definition) is 0. The zero-order valence-corrected chi connectivity index (χ0v) is 15.0. The molecule has 0 radical (unpaired) electrons. The zero-order valence-electron chi connectivity index (χ0n) is 13.4. The molecule has 0 saturated carbocycles. The van der Waals surface area contributed by atoms with Crippen molar-refractivity contribution in [2.24, 2.45) is 0 Å². The number of benzene rings is 1. The second-order valence-corrected chi connectivity index (χ2v) is 7.45. The highest BCUT2D eigenvalue weighted by Crippen LogP contribution is 2.28. The first-order valence-electron chi connectivity index (χ1n) is 7.68. The topological polar surface area (TPSA) is 68.1 Å². The number of carbonyl (C=O) groups excluding carboxylic acids is 1. The van der Waals surface area contributed by atoms with Crippen LogP contribution in [0.25, 0.3) is 20.4 Å². The number of amides is 1. The third-order valence-corrected chi connectivity index (χ3v) is 5.89. The van der Waals surface area contributed by atoms with Crippen LogP contribution in [0, 0.1) is 0 Å². The molecule has 8 heteroatoms. The second kappa shape index (κ2) is 6.38. The van der Waals surface area contributed by atoms with Gasteiger partial charge < -0.3 is 0 Å². The first-order valence-corrected chi connectivity index (χ1v) is 9.38. The minimum absolute atomic E-state index is 0.0867. The van der Waals surface area contributed by atoms with Crippen LogP contribution in [0.3, 0.4) is 0 Å². The summed E-state index contributed by atoms with van der Waals surface area (Å²) in [7, 11) is 1.71. The van der Waals surface area contributed by atoms with Gasteiger partial charge in [0.15, 0.2) is 5.13 Å². The first-order chi connectivity index (χ1) is 12.1. The van der Waals surface area contributed by atoms with Crippen molar-refractivity contribution in [3.8, 4) is 0 Å². The van der Waals surface area contributed by atoms with Gasteiger partial charge in [-0.05, 0) is 23.6 Å². The number of rotatable bonds is 4. The summed E-state index contributed by atoms with van der Waals surface area (Å²) in [6, 6.07) is 9.55. The van der Waals surface area contributed by atoms with Crippen molar-refractivity contribution in [2.75, 3.05) is 11.9 Å². The van der Waals surface area contributed by atoms with Crippen LogP contribution in [0.2, 0.25) is 0 Å². The number of thiazole rings is 1. The minimum atomic E-state index is -0.110. The molecule has 0 atom stereocenters. The van der Waals surface area contributed by atoms with E-state index in [1.54, 1.807) is 18.0 Å². The molecule has 0 aliphatic carbocycles. The Kier molecular flexibility index (Phi) is 4.06. The molecule has 25 heavy (non-hydrogen) atoms. The van der Waals surface area contributed by atoms with Crippen molar-refractivity contribution in [1.82, 2.24) is 14.5 Å². The minimum Gasteiger partial charge on any atom is -0.298 e. The van der Waals surface area contributed by atoms with E-state index >= 15 is 0 Å². The summed E-state index contributed by atoms with van der Waals surface area (Å²) in [6.45, 7) is 0.297. The highest BCUT2D eigenvalue weighted by Gasteiger charge is 2.16. The summed E-state index contributed by atoms with van der Waals surface area (Å²) < 4.78 is 2.53. The Balaban J connectivity index is 1.50. The van der Waals surface area contributed by atoms with E-state index in [1.807, 2.05) is 29.6 Å². The first kappa shape index (κ1) is 15.9. The van der Waals surface area contributed by atoms with Crippen molar-refractivity contribution < 1.29 is 4.79 Å². The molecule has 0 saturated heterocycles. The number of anilines is 1. The Bertz CT molecular complexity index is 1100. The van der Waals surface area contributed by atoms with Crippen molar-refractivity contribution in [3.05, 3.63) is 52.4 Å². The van der Waals surface area contributed by atoms with Crippen LogP contribution in [0.15, 0.2) is 46.8 Å². The fraction of sp³-hybridized carbons (Fsp3) is 0.176. The fourth-order valence-electron chi connectivity index (χ4n) is 2.55. The van der Waals surface area contributed by atoms with Crippen LogP contribution in [0.4, 0.5) is 5.13 Å². The van der Waals surface area contributed by atoms with Gasteiger partial charge in [-0.3, -0.25) is 19.1 Å². The van der Waals surface area contributed by atoms with Gasteiger partial charge in [-0.25, -0.2) is 9.97 Å². The Morgan fingerprint density at radius 3 is 2.96 bits per heavy atom. The second-order valence-electron chi connectivity index (χ2n) is 5.55. The number of aromatic nitrogens is 3. The fourth-order valence-corrected chi connectivity index (χ4v) is 4.21. The smallest absolute Gasteiger partial charge is 0.262 e. The van der Waals surface area contributed by atoms with Crippen LogP contribution in [-0.4, -0.2) is 27.5 Å². The van der Waals surface area contributed by atoms with E-state index in [9.17, 15) is 9.59 Å². The van der Waals surface area contributed by atoms with Crippen LogP contribution in [-0.2, 0) is 11.3 Å². The summed E-state index contributed by atoms with van der Waals surface area (Å²) in [6.07, 6.45) is 1.72. The molecule has 6 nitrogen and oxygen atoms in total. The van der Waals surface area contributed by atoms with Crippen molar-refractivity contribution in [1.29, 1.82) is 0 Å². The van der Waals surface area contributed by atoms with Gasteiger partial charge in [0.05, 0.1) is 21.9 Å². The molecular weight excluding hydrogens is 356 g/mol. The standard InChI is InChI=1S/C17H14N4O2S2/c1-20(17-19-12-4-2-3-5-13(12)25-17)14(22)6-8-21-10-18-15-11(16(21)23)7-9-24-15/h2-5,7,9-10H,6,8H2,1H3. The molecule has 1 amide bonds. The predicted octanol–water partition coefficient (Wildman–Crippen LogP) is 3.12. The van der Waals surface area contributed by atoms with Gasteiger partial charge >= 0.3 is 0 Å². The lowest BCUT2D eigenvalue weighted by Gasteiger charge is -2.14. The van der Waals surface area contributed by atoms with E-state index in [1.165, 1.54) is 33.6 Å². The Labute approximate surface area is 151 Å². The van der Waals surface area contributed by atoms with Crippen molar-refractivity contribution in [2.45, 2.75) is 13.0 Å². The molecule has 1 aromatic carbocycles. The van der Waals surface area contributed by atoms with Crippen molar-refractivity contribution in [3.63, 3.8) is 0 Å². The Morgan fingerprint density at radius 2 is 2.12 bits per heavy atom. The lowest BCUT2D eigenvalue weighted by atomic mass is 10.3. The third kappa shape index (κ3) is 2.94. The molecule has 4 rings (SSSR count). The molecule has 0 spiro atoms. The van der Waals surface area contributed by atoms with Crippen LogP contribution < -0.4 is 10.5 Å². The molecule has 0 unspecified atom stereocenters. The van der Waals surface area contributed by atoms with E-state index in [4.69, 9.17) is 0 Å². The maximum absolute atomic E-state index is 12.5. The highest BCUT2D eigenvalue weighted by molar-refractivity contribution is 7.22. The summed E-state index contributed by atoms with van der Waals surface area (Å²) in [5.74, 6) is -0.0867. The summed E-state index contributed by atoms with van der Waals surface area (Å²) in [5.41, 5.74) is 0.771. The Hall–Kier alpha value is -2.58. The number of carbonyl (C=O) groups is 1. The van der Waals surface area contributed by atoms with Gasteiger partial charge in [-0.1, -0.05) is 23.5 Å². The van der Waals surface area contributed by atoms with Gasteiger partial charge in [0.25, 0.3) is 5.56 Å². The normalized spacial score (nSPS) is 11.2. The summed E-state index contributed by atoms with van der Waals surface area (Å²) >= 11 is 2.91. The quantitative estimate of drug-likeness (QED) is 0.553. The van der Waals surface area contributed by atoms with E-state index in [0.717, 1.165) is 15.0 Å². The molecule has 0 fully saturated rings. The zero-order chi connectivity index (χ0) is 17.4. The van der Waals surface area contributed by atoms with Gasteiger partial charge in [0.1, 0.15) is 4.83 Å². The van der Waals surface area contributed by atoms with Crippen LogP contribution >= 0.6 is 22.7 Å². The summed E-state index contributed by atoms with van der Waals surface area (Å²) in [4.78, 5) is 35.8. The molecular formula is C17H14N4O2S2. The lowest BCUT2D eigenvalue weighted by Crippen LogP contribution is -2.29. The molecule has 0 N–H and O–H groups in total. The Morgan fingerprint density at radius 1 is 1.28 bits per heavy atom. The van der Waals surface area contributed by atoms with Crippen molar-refractivity contribution >= 4 is 54.1 Å². The third-order valence-electron chi connectivity index (χ3n) is 3.96. The molecule has 126 valence electrons. The van der Waals surface area contributed by atoms with Gasteiger partial charge in [-0.2, -0.15) is 0 Å². The largest absolute Gasteiger partial charge is 0.298 e. The number of para-hydroxylation sites is 1. The molecule has 4 aromatic rings. The predicted molar refractivity (Wildman–Crippen MR) is 102 cm³/mol. The lowest BCUT2D eigenvalue weighted by molar-refractivity contribution is -0.118. The van der Waals surface area contributed by atoms with E-state index in [0.29, 0.717) is 17.1 Å². The molecule has 0 bridgehead atoms. The number of thiophene rings is 1. The average Bonchev–Trinajstić information content (AvgIpc) is 3.27. The molecule has 3 aromatic heterocycles. The number of fused-ring (bicyclic) bond motifs is 2. The van der Waals surface area contributed by atoms with Gasteiger partial charge in [0, 0.05) is 20.0 Å². The molecule has 0 aliphatic rings. The highest BCUT2D eigenvalue weighted by atomic mass is 32.1. The maximum Gasteiger partial charge on any atom is 0.262 e. The van der Waals surface area contributed by atoms with Crippen LogP contribution in [0.5, 0.6) is 0 Å². The van der Waals surface area contributed by atoms with E-state index < -0.39 is 0 Å². The van der Waals surface area contributed by atoms with Gasteiger partial charge in [0.2, 0.25) is 5.91 Å².